The van der Waals surface area contributed by atoms with Crippen LogP contribution < -0.4 is 10.2 Å². The molecule has 0 atom stereocenters. The van der Waals surface area contributed by atoms with E-state index in [1.807, 2.05) is 35.7 Å². The maximum atomic E-state index is 11.7. The average Bonchev–Trinajstić information content (AvgIpc) is 3.03. The monoisotopic (exact) mass is 302 g/mol. The molecule has 110 valence electrons. The summed E-state index contributed by atoms with van der Waals surface area (Å²) in [5.41, 5.74) is 3.41. The first-order valence-corrected chi connectivity index (χ1v) is 7.77. The van der Waals surface area contributed by atoms with Gasteiger partial charge >= 0.3 is 0 Å². The van der Waals surface area contributed by atoms with Crippen LogP contribution in [0.5, 0.6) is 5.75 Å². The smallest absolute Gasteiger partial charge is 0.281 e. The van der Waals surface area contributed by atoms with Crippen LogP contribution in [0.4, 0.5) is 0 Å². The second kappa shape index (κ2) is 8.21. The third kappa shape index (κ3) is 5.04. The predicted octanol–water partition coefficient (Wildman–Crippen LogP) is 3.69. The normalized spacial score (nSPS) is 10.7. The van der Waals surface area contributed by atoms with Crippen molar-refractivity contribution in [2.24, 2.45) is 5.10 Å². The van der Waals surface area contributed by atoms with Crippen molar-refractivity contribution >= 4 is 23.5 Å². The summed E-state index contributed by atoms with van der Waals surface area (Å²) in [6, 6.07) is 11.2. The number of nitrogens with zero attached hydrogens (tertiary/aromatic N) is 1. The van der Waals surface area contributed by atoms with Crippen molar-refractivity contribution in [1.82, 2.24) is 5.43 Å². The van der Waals surface area contributed by atoms with E-state index >= 15 is 0 Å². The lowest BCUT2D eigenvalue weighted by atomic mass is 10.2. The Morgan fingerprint density at radius 1 is 1.33 bits per heavy atom. The second-order valence-electron chi connectivity index (χ2n) is 4.45. The Bertz CT molecular complexity index is 577. The maximum absolute atomic E-state index is 11.7. The standard InChI is InChI=1S/C16H18N2O2S/c1-2-3-10-20-14-8-6-13(7-9-14)12-17-18-16(19)15-5-4-11-21-15/h4-9,11-12H,2-3,10H2,1H3,(H,18,19). The fourth-order valence-electron chi connectivity index (χ4n) is 1.61. The molecule has 0 fully saturated rings. The maximum Gasteiger partial charge on any atom is 0.281 e. The number of benzene rings is 1. The second-order valence-corrected chi connectivity index (χ2v) is 5.40. The molecule has 4 nitrogen and oxygen atoms in total. The van der Waals surface area contributed by atoms with E-state index in [9.17, 15) is 4.79 Å². The number of thiophene rings is 1. The Hall–Kier alpha value is -2.14. The molecule has 1 amide bonds. The molecular formula is C16H18N2O2S. The number of amides is 1. The number of rotatable bonds is 7. The Balaban J connectivity index is 1.82. The third-order valence-corrected chi connectivity index (χ3v) is 3.64. The van der Waals surface area contributed by atoms with E-state index < -0.39 is 0 Å². The van der Waals surface area contributed by atoms with Gasteiger partial charge in [0.05, 0.1) is 17.7 Å². The van der Waals surface area contributed by atoms with Gasteiger partial charge in [-0.05, 0) is 47.7 Å². The van der Waals surface area contributed by atoms with Gasteiger partial charge < -0.3 is 4.74 Å². The summed E-state index contributed by atoms with van der Waals surface area (Å²) >= 11 is 1.39. The van der Waals surface area contributed by atoms with Crippen molar-refractivity contribution in [2.45, 2.75) is 19.8 Å². The van der Waals surface area contributed by atoms with Gasteiger partial charge in [0.25, 0.3) is 5.91 Å². The van der Waals surface area contributed by atoms with E-state index in [-0.39, 0.29) is 5.91 Å². The van der Waals surface area contributed by atoms with E-state index in [0.29, 0.717) is 4.88 Å². The van der Waals surface area contributed by atoms with Gasteiger partial charge in [-0.3, -0.25) is 4.79 Å². The number of nitrogens with one attached hydrogen (secondary N) is 1. The van der Waals surface area contributed by atoms with Gasteiger partial charge in [0.1, 0.15) is 5.75 Å². The van der Waals surface area contributed by atoms with Crippen LogP contribution in [0.3, 0.4) is 0 Å². The van der Waals surface area contributed by atoms with Gasteiger partial charge in [-0.1, -0.05) is 19.4 Å². The summed E-state index contributed by atoms with van der Waals surface area (Å²) in [5, 5.41) is 5.80. The molecule has 5 heteroatoms. The molecule has 21 heavy (non-hydrogen) atoms. The van der Waals surface area contributed by atoms with E-state index in [0.717, 1.165) is 30.8 Å². The van der Waals surface area contributed by atoms with Crippen LogP contribution in [0.2, 0.25) is 0 Å². The van der Waals surface area contributed by atoms with Crippen LogP contribution in [0.25, 0.3) is 0 Å². The van der Waals surface area contributed by atoms with Crippen LogP contribution in [-0.4, -0.2) is 18.7 Å². The van der Waals surface area contributed by atoms with Crippen molar-refractivity contribution in [1.29, 1.82) is 0 Å². The summed E-state index contributed by atoms with van der Waals surface area (Å²) < 4.78 is 5.58. The molecule has 2 aromatic rings. The minimum Gasteiger partial charge on any atom is -0.494 e. The van der Waals surface area contributed by atoms with Gasteiger partial charge in [-0.15, -0.1) is 11.3 Å². The van der Waals surface area contributed by atoms with Crippen LogP contribution in [0.15, 0.2) is 46.9 Å². The van der Waals surface area contributed by atoms with Gasteiger partial charge in [0.2, 0.25) is 0 Å². The molecule has 0 bridgehead atoms. The van der Waals surface area contributed by atoms with Crippen molar-refractivity contribution in [3.05, 3.63) is 52.2 Å². The van der Waals surface area contributed by atoms with Gasteiger partial charge in [-0.2, -0.15) is 5.10 Å². The molecule has 1 aromatic heterocycles. The van der Waals surface area contributed by atoms with E-state index in [1.54, 1.807) is 12.3 Å². The third-order valence-electron chi connectivity index (χ3n) is 2.77. The summed E-state index contributed by atoms with van der Waals surface area (Å²) in [7, 11) is 0. The molecule has 0 saturated heterocycles. The molecule has 1 aromatic carbocycles. The minimum absolute atomic E-state index is 0.194. The highest BCUT2D eigenvalue weighted by molar-refractivity contribution is 7.12. The summed E-state index contributed by atoms with van der Waals surface area (Å²) in [6.45, 7) is 2.87. The first kappa shape index (κ1) is 15.3. The van der Waals surface area contributed by atoms with Gasteiger partial charge in [0.15, 0.2) is 0 Å². The van der Waals surface area contributed by atoms with E-state index in [4.69, 9.17) is 4.74 Å². The lowest BCUT2D eigenvalue weighted by molar-refractivity contribution is 0.0959. The zero-order chi connectivity index (χ0) is 14.9. The topological polar surface area (TPSA) is 50.7 Å². The van der Waals surface area contributed by atoms with Crippen LogP contribution in [0, 0.1) is 0 Å². The summed E-state index contributed by atoms with van der Waals surface area (Å²) in [6.07, 6.45) is 3.79. The molecule has 0 aliphatic carbocycles. The molecule has 1 N–H and O–H groups in total. The number of hydrogen-bond donors (Lipinski definition) is 1. The van der Waals surface area contributed by atoms with Crippen LogP contribution in [0.1, 0.15) is 35.0 Å². The highest BCUT2D eigenvalue weighted by Gasteiger charge is 2.03. The molecule has 0 unspecified atom stereocenters. The molecule has 0 saturated carbocycles. The molecule has 0 aliphatic heterocycles. The molecule has 0 radical (unpaired) electrons. The van der Waals surface area contributed by atoms with Crippen molar-refractivity contribution in [3.8, 4) is 5.75 Å². The minimum atomic E-state index is -0.194. The highest BCUT2D eigenvalue weighted by Crippen LogP contribution is 2.11. The summed E-state index contributed by atoms with van der Waals surface area (Å²) in [5.74, 6) is 0.656. The lowest BCUT2D eigenvalue weighted by Crippen LogP contribution is -2.16. The molecular weight excluding hydrogens is 284 g/mol. The largest absolute Gasteiger partial charge is 0.494 e. The highest BCUT2D eigenvalue weighted by atomic mass is 32.1. The Labute approximate surface area is 128 Å². The predicted molar refractivity (Wildman–Crippen MR) is 86.2 cm³/mol. The number of carbonyl (C=O) groups is 1. The molecule has 2 rings (SSSR count). The zero-order valence-corrected chi connectivity index (χ0v) is 12.7. The molecule has 0 aliphatic rings. The van der Waals surface area contributed by atoms with Gasteiger partial charge in [-0.25, -0.2) is 5.43 Å². The number of hydrazone groups is 1. The number of hydrogen-bond acceptors (Lipinski definition) is 4. The first-order chi connectivity index (χ1) is 10.3. The van der Waals surface area contributed by atoms with E-state index in [2.05, 4.69) is 17.5 Å². The fourth-order valence-corrected chi connectivity index (χ4v) is 2.23. The van der Waals surface area contributed by atoms with Gasteiger partial charge in [0, 0.05) is 0 Å². The Kier molecular flexibility index (Phi) is 5.97. The quantitative estimate of drug-likeness (QED) is 0.482. The fraction of sp³-hybridized carbons (Fsp3) is 0.250. The van der Waals surface area contributed by atoms with Crippen molar-refractivity contribution in [3.63, 3.8) is 0 Å². The average molecular weight is 302 g/mol. The van der Waals surface area contributed by atoms with Crippen molar-refractivity contribution < 1.29 is 9.53 Å². The Morgan fingerprint density at radius 3 is 2.81 bits per heavy atom. The molecule has 0 spiro atoms. The van der Waals surface area contributed by atoms with Crippen molar-refractivity contribution in [2.75, 3.05) is 6.61 Å². The number of unbranched alkanes of at least 4 members (excludes halogenated alkanes) is 1. The summed E-state index contributed by atoms with van der Waals surface area (Å²) in [4.78, 5) is 12.3. The number of carbonyl (C=O) groups excluding carboxylic acids is 1. The molecule has 1 heterocycles. The van der Waals surface area contributed by atoms with Crippen LogP contribution in [-0.2, 0) is 0 Å². The Morgan fingerprint density at radius 2 is 2.14 bits per heavy atom. The lowest BCUT2D eigenvalue weighted by Gasteiger charge is -2.04. The number of ether oxygens (including phenoxy) is 1. The SMILES string of the molecule is CCCCOc1ccc(C=NNC(=O)c2cccs2)cc1. The zero-order valence-electron chi connectivity index (χ0n) is 11.9. The first-order valence-electron chi connectivity index (χ1n) is 6.89. The van der Waals surface area contributed by atoms with Crippen LogP contribution >= 0.6 is 11.3 Å². The van der Waals surface area contributed by atoms with E-state index in [1.165, 1.54) is 11.3 Å².